The molecule has 0 spiro atoms. The Morgan fingerprint density at radius 3 is 1.83 bits per heavy atom. The van der Waals surface area contributed by atoms with E-state index in [9.17, 15) is 0 Å². The van der Waals surface area contributed by atoms with Crippen molar-refractivity contribution in [2.24, 2.45) is 0 Å². The summed E-state index contributed by atoms with van der Waals surface area (Å²) < 4.78 is 0. The highest BCUT2D eigenvalue weighted by Gasteiger charge is 2.27. The lowest BCUT2D eigenvalue weighted by atomic mass is 10.4. The molecule has 0 aromatic carbocycles. The predicted molar refractivity (Wildman–Crippen MR) is 94.2 cm³/mol. The van der Waals surface area contributed by atoms with E-state index in [4.69, 9.17) is 0 Å². The first-order valence-electron chi connectivity index (χ1n) is 7.70. The maximum atomic E-state index is 4.51. The monoisotopic (exact) mass is 316 g/mol. The van der Waals surface area contributed by atoms with Gasteiger partial charge in [-0.25, -0.2) is 25.0 Å². The number of hydrogen-bond donors (Lipinski definition) is 0. The molecule has 4 rings (SSSR count). The molecule has 1 aliphatic rings. The van der Waals surface area contributed by atoms with Gasteiger partial charge in [-0.2, -0.15) is 5.12 Å². The van der Waals surface area contributed by atoms with Crippen LogP contribution in [0.3, 0.4) is 0 Å². The number of rotatable bonds is 3. The maximum absolute atomic E-state index is 4.51. The Morgan fingerprint density at radius 1 is 0.667 bits per heavy atom. The van der Waals surface area contributed by atoms with E-state index in [1.54, 1.807) is 18.6 Å². The van der Waals surface area contributed by atoms with Crippen molar-refractivity contribution in [1.82, 2.24) is 15.0 Å². The second-order valence-electron chi connectivity index (χ2n) is 5.16. The van der Waals surface area contributed by atoms with Gasteiger partial charge in [0.15, 0.2) is 11.6 Å². The number of pyridine rings is 3. The average Bonchev–Trinajstić information content (AvgIpc) is 2.69. The minimum atomic E-state index is 0.691. The second kappa shape index (κ2) is 6.37. The average molecular weight is 316 g/mol. The van der Waals surface area contributed by atoms with Crippen LogP contribution in [0.25, 0.3) is 0 Å². The Morgan fingerprint density at radius 2 is 1.25 bits per heavy atom. The quantitative estimate of drug-likeness (QED) is 0.740. The van der Waals surface area contributed by atoms with Gasteiger partial charge in [0.1, 0.15) is 5.82 Å². The lowest BCUT2D eigenvalue weighted by molar-refractivity contribution is 0.703. The number of hydrogen-bond acceptors (Lipinski definition) is 6. The first-order chi connectivity index (χ1) is 11.9. The highest BCUT2D eigenvalue weighted by molar-refractivity contribution is 5.61. The molecule has 118 valence electrons. The van der Waals surface area contributed by atoms with Gasteiger partial charge in [0.25, 0.3) is 0 Å². The predicted octanol–water partition coefficient (Wildman–Crippen LogP) is 3.05. The summed E-state index contributed by atoms with van der Waals surface area (Å²) in [5.74, 6) is 2.44. The maximum Gasteiger partial charge on any atom is 0.170 e. The molecule has 0 N–H and O–H groups in total. The molecule has 6 nitrogen and oxygen atoms in total. The Balaban J connectivity index is 1.81. The van der Waals surface area contributed by atoms with Gasteiger partial charge in [0.05, 0.1) is 6.54 Å². The van der Waals surface area contributed by atoms with E-state index in [0.717, 1.165) is 17.5 Å². The van der Waals surface area contributed by atoms with Crippen molar-refractivity contribution in [3.05, 3.63) is 85.5 Å². The van der Waals surface area contributed by atoms with E-state index < -0.39 is 0 Å². The van der Waals surface area contributed by atoms with Crippen LogP contribution in [0.4, 0.5) is 17.5 Å². The minimum absolute atomic E-state index is 0.691. The highest BCUT2D eigenvalue weighted by atomic mass is 15.9. The molecule has 3 aromatic heterocycles. The van der Waals surface area contributed by atoms with Crippen LogP contribution < -0.4 is 15.1 Å². The summed E-state index contributed by atoms with van der Waals surface area (Å²) in [6.07, 6.45) is 9.41. The van der Waals surface area contributed by atoms with Crippen molar-refractivity contribution in [2.45, 2.75) is 0 Å². The fourth-order valence-corrected chi connectivity index (χ4v) is 2.57. The van der Waals surface area contributed by atoms with Crippen LogP contribution in [0.2, 0.25) is 0 Å². The number of nitrogens with zero attached hydrogens (tertiary/aromatic N) is 6. The largest absolute Gasteiger partial charge is 0.243 e. The molecule has 0 amide bonds. The molecule has 0 radical (unpaired) electrons. The zero-order chi connectivity index (χ0) is 16.2. The molecule has 0 fully saturated rings. The van der Waals surface area contributed by atoms with Crippen LogP contribution in [0.1, 0.15) is 0 Å². The molecule has 0 saturated carbocycles. The zero-order valence-electron chi connectivity index (χ0n) is 13.0. The van der Waals surface area contributed by atoms with E-state index in [1.165, 1.54) is 0 Å². The molecule has 0 atom stereocenters. The molecule has 3 aromatic rings. The van der Waals surface area contributed by atoms with E-state index in [2.05, 4.69) is 26.0 Å². The third kappa shape index (κ3) is 2.65. The fourth-order valence-electron chi connectivity index (χ4n) is 2.57. The van der Waals surface area contributed by atoms with Crippen molar-refractivity contribution >= 4 is 17.5 Å². The Labute approximate surface area is 140 Å². The molecule has 1 aliphatic heterocycles. The van der Waals surface area contributed by atoms with Gasteiger partial charge in [-0.1, -0.05) is 18.2 Å². The van der Waals surface area contributed by atoms with Crippen molar-refractivity contribution in [3.8, 4) is 0 Å². The van der Waals surface area contributed by atoms with Gasteiger partial charge in [-0.05, 0) is 42.5 Å². The molecular formula is C18H16N6. The standard InChI is InChI=1S/C18H16N6/c1-4-11-19-16(8-1)22-14-7-15-23(17-9-2-5-12-20-17)24(22)18-10-3-6-13-21-18/h1-14H,15H2. The van der Waals surface area contributed by atoms with Gasteiger partial charge in [-0.3, -0.25) is 0 Å². The molecule has 0 saturated heterocycles. The van der Waals surface area contributed by atoms with Crippen molar-refractivity contribution in [2.75, 3.05) is 21.7 Å². The summed E-state index contributed by atoms with van der Waals surface area (Å²) in [6.45, 7) is 0.691. The van der Waals surface area contributed by atoms with Crippen LogP contribution in [0, 0.1) is 0 Å². The van der Waals surface area contributed by atoms with E-state index in [-0.39, 0.29) is 0 Å². The first kappa shape index (κ1) is 14.2. The second-order valence-corrected chi connectivity index (χ2v) is 5.16. The summed E-state index contributed by atoms with van der Waals surface area (Å²) >= 11 is 0. The Bertz CT molecular complexity index is 807. The summed E-state index contributed by atoms with van der Waals surface area (Å²) in [5, 5.41) is 5.99. The zero-order valence-corrected chi connectivity index (χ0v) is 13.0. The van der Waals surface area contributed by atoms with Gasteiger partial charge in [-0.15, -0.1) is 0 Å². The van der Waals surface area contributed by atoms with Gasteiger partial charge < -0.3 is 0 Å². The summed E-state index contributed by atoms with van der Waals surface area (Å²) in [6, 6.07) is 17.5. The molecule has 24 heavy (non-hydrogen) atoms. The molecule has 0 bridgehead atoms. The van der Waals surface area contributed by atoms with Crippen LogP contribution in [-0.4, -0.2) is 21.5 Å². The van der Waals surface area contributed by atoms with Crippen molar-refractivity contribution in [1.29, 1.82) is 0 Å². The third-order valence-electron chi connectivity index (χ3n) is 3.61. The number of aromatic nitrogens is 3. The van der Waals surface area contributed by atoms with E-state index in [0.29, 0.717) is 6.54 Å². The smallest absolute Gasteiger partial charge is 0.170 e. The molecular weight excluding hydrogens is 300 g/mol. The highest BCUT2D eigenvalue weighted by Crippen LogP contribution is 2.27. The van der Waals surface area contributed by atoms with Crippen LogP contribution in [0.15, 0.2) is 85.5 Å². The van der Waals surface area contributed by atoms with Crippen LogP contribution >= 0.6 is 0 Å². The van der Waals surface area contributed by atoms with E-state index >= 15 is 0 Å². The normalized spacial score (nSPS) is 14.1. The summed E-state index contributed by atoms with van der Waals surface area (Å²) in [7, 11) is 0. The number of hydrazine groups is 2. The fraction of sp³-hybridized carbons (Fsp3) is 0.0556. The van der Waals surface area contributed by atoms with E-state index in [1.807, 2.05) is 70.9 Å². The minimum Gasteiger partial charge on any atom is -0.243 e. The summed E-state index contributed by atoms with van der Waals surface area (Å²) in [5.41, 5.74) is 0. The first-order valence-corrected chi connectivity index (χ1v) is 7.70. The lowest BCUT2D eigenvalue weighted by Crippen LogP contribution is -2.55. The SMILES string of the molecule is C1=CN(c2ccccn2)N(c2ccccn2)N(c2ccccn2)C1. The third-order valence-corrected chi connectivity index (χ3v) is 3.61. The molecule has 6 heteroatoms. The van der Waals surface area contributed by atoms with Crippen LogP contribution in [-0.2, 0) is 0 Å². The topological polar surface area (TPSA) is 48.4 Å². The Kier molecular flexibility index (Phi) is 3.77. The van der Waals surface area contributed by atoms with Gasteiger partial charge in [0.2, 0.25) is 0 Å². The van der Waals surface area contributed by atoms with Crippen LogP contribution in [0.5, 0.6) is 0 Å². The lowest BCUT2D eigenvalue weighted by Gasteiger charge is -2.44. The number of anilines is 3. The molecule has 0 unspecified atom stereocenters. The Hall–Kier alpha value is -3.41. The van der Waals surface area contributed by atoms with Gasteiger partial charge in [0, 0.05) is 24.8 Å². The van der Waals surface area contributed by atoms with Crippen molar-refractivity contribution in [3.63, 3.8) is 0 Å². The van der Waals surface area contributed by atoms with Crippen molar-refractivity contribution < 1.29 is 0 Å². The summed E-state index contributed by atoms with van der Waals surface area (Å²) in [4.78, 5) is 13.5. The van der Waals surface area contributed by atoms with Gasteiger partial charge >= 0.3 is 0 Å². The molecule has 0 aliphatic carbocycles. The molecule has 4 heterocycles.